The van der Waals surface area contributed by atoms with Crippen molar-refractivity contribution in [2.45, 2.75) is 71.8 Å². The van der Waals surface area contributed by atoms with E-state index < -0.39 is 5.60 Å². The molecule has 3 N–H and O–H groups in total. The zero-order valence-corrected chi connectivity index (χ0v) is 12.6. The van der Waals surface area contributed by atoms with E-state index >= 15 is 0 Å². The van der Waals surface area contributed by atoms with Gasteiger partial charge in [0.25, 0.3) is 0 Å². The van der Waals surface area contributed by atoms with Gasteiger partial charge in [0, 0.05) is 12.0 Å². The predicted octanol–water partition coefficient (Wildman–Crippen LogP) is 3.33. The summed E-state index contributed by atoms with van der Waals surface area (Å²) in [6, 6.07) is 0. The van der Waals surface area contributed by atoms with E-state index in [0.717, 1.165) is 31.6 Å². The monoisotopic (exact) mass is 253 g/mol. The Bertz CT molecular complexity index is 314. The molecule has 2 nitrogen and oxygen atoms in total. The number of hydrogen-bond acceptors (Lipinski definition) is 2. The summed E-state index contributed by atoms with van der Waals surface area (Å²) in [6.07, 6.45) is 6.56. The summed E-state index contributed by atoms with van der Waals surface area (Å²) in [5, 5.41) is 11.4. The number of rotatable bonds is 2. The Morgan fingerprint density at radius 1 is 1.11 bits per heavy atom. The maximum absolute atomic E-state index is 11.4. The minimum atomic E-state index is -0.534. The predicted molar refractivity (Wildman–Crippen MR) is 76.2 cm³/mol. The molecular weight excluding hydrogens is 222 g/mol. The molecule has 0 aliphatic heterocycles. The summed E-state index contributed by atoms with van der Waals surface area (Å²) in [7, 11) is 0. The van der Waals surface area contributed by atoms with Crippen LogP contribution in [0.2, 0.25) is 0 Å². The van der Waals surface area contributed by atoms with Gasteiger partial charge in [0.1, 0.15) is 0 Å². The van der Waals surface area contributed by atoms with E-state index in [1.807, 2.05) is 0 Å². The van der Waals surface area contributed by atoms with Crippen LogP contribution in [-0.4, -0.2) is 17.3 Å². The van der Waals surface area contributed by atoms with Gasteiger partial charge in [0.2, 0.25) is 0 Å². The first kappa shape index (κ1) is 14.3. The first-order valence-corrected chi connectivity index (χ1v) is 7.64. The van der Waals surface area contributed by atoms with Gasteiger partial charge in [-0.3, -0.25) is 0 Å². The molecule has 0 aromatic carbocycles. The second-order valence-electron chi connectivity index (χ2n) is 8.22. The third kappa shape index (κ3) is 2.34. The molecular formula is C16H31NO. The van der Waals surface area contributed by atoms with Crippen molar-refractivity contribution in [3.63, 3.8) is 0 Å². The van der Waals surface area contributed by atoms with Gasteiger partial charge in [0.15, 0.2) is 0 Å². The van der Waals surface area contributed by atoms with Crippen LogP contribution in [0.1, 0.15) is 66.2 Å². The van der Waals surface area contributed by atoms with E-state index in [-0.39, 0.29) is 10.8 Å². The standard InChI is InChI=1S/C16H31NO/c1-12-5-6-15(8-12,11-17)16(18)9-13(2)7-14(3,4)10-16/h12-13,18H,5-11,17H2,1-4H3. The molecule has 2 saturated carbocycles. The Labute approximate surface area is 112 Å². The van der Waals surface area contributed by atoms with Gasteiger partial charge in [0.05, 0.1) is 5.60 Å². The molecule has 4 unspecified atom stereocenters. The normalized spacial score (nSPS) is 48.3. The smallest absolute Gasteiger partial charge is 0.0723 e. The highest BCUT2D eigenvalue weighted by atomic mass is 16.3. The second kappa shape index (κ2) is 4.49. The summed E-state index contributed by atoms with van der Waals surface area (Å²) >= 11 is 0. The molecule has 2 aliphatic rings. The highest BCUT2D eigenvalue weighted by molar-refractivity contribution is 5.08. The quantitative estimate of drug-likeness (QED) is 0.793. The van der Waals surface area contributed by atoms with Crippen molar-refractivity contribution in [3.05, 3.63) is 0 Å². The van der Waals surface area contributed by atoms with Gasteiger partial charge >= 0.3 is 0 Å². The first-order valence-electron chi connectivity index (χ1n) is 7.64. The zero-order valence-electron chi connectivity index (χ0n) is 12.6. The molecule has 106 valence electrons. The van der Waals surface area contributed by atoms with Crippen LogP contribution in [0.5, 0.6) is 0 Å². The van der Waals surface area contributed by atoms with Crippen LogP contribution in [-0.2, 0) is 0 Å². The van der Waals surface area contributed by atoms with E-state index in [2.05, 4.69) is 27.7 Å². The Morgan fingerprint density at radius 3 is 2.22 bits per heavy atom. The Hall–Kier alpha value is -0.0800. The Kier molecular flexibility index (Phi) is 3.57. The lowest BCUT2D eigenvalue weighted by molar-refractivity contribution is -0.143. The average Bonchev–Trinajstić information content (AvgIpc) is 2.58. The maximum atomic E-state index is 11.4. The molecule has 0 saturated heterocycles. The van der Waals surface area contributed by atoms with Crippen LogP contribution in [0, 0.1) is 22.7 Å². The van der Waals surface area contributed by atoms with Crippen molar-refractivity contribution in [3.8, 4) is 0 Å². The van der Waals surface area contributed by atoms with E-state index in [1.54, 1.807) is 0 Å². The molecule has 0 amide bonds. The molecule has 0 spiro atoms. The van der Waals surface area contributed by atoms with Crippen molar-refractivity contribution >= 4 is 0 Å². The van der Waals surface area contributed by atoms with Crippen molar-refractivity contribution in [2.75, 3.05) is 6.54 Å². The summed E-state index contributed by atoms with van der Waals surface area (Å²) in [4.78, 5) is 0. The molecule has 0 aromatic rings. The highest BCUT2D eigenvalue weighted by Crippen LogP contribution is 2.57. The molecule has 0 aromatic heterocycles. The Balaban J connectivity index is 2.28. The lowest BCUT2D eigenvalue weighted by atomic mass is 9.56. The summed E-state index contributed by atoms with van der Waals surface area (Å²) < 4.78 is 0. The molecule has 0 heterocycles. The highest BCUT2D eigenvalue weighted by Gasteiger charge is 2.56. The van der Waals surface area contributed by atoms with E-state index in [9.17, 15) is 5.11 Å². The van der Waals surface area contributed by atoms with E-state index in [1.165, 1.54) is 12.8 Å². The third-order valence-electron chi connectivity index (χ3n) is 5.59. The lowest BCUT2D eigenvalue weighted by Gasteiger charge is -2.53. The topological polar surface area (TPSA) is 46.2 Å². The third-order valence-corrected chi connectivity index (χ3v) is 5.59. The van der Waals surface area contributed by atoms with Crippen molar-refractivity contribution in [1.29, 1.82) is 0 Å². The van der Waals surface area contributed by atoms with E-state index in [0.29, 0.717) is 12.5 Å². The van der Waals surface area contributed by atoms with Crippen LogP contribution in [0.25, 0.3) is 0 Å². The second-order valence-corrected chi connectivity index (χ2v) is 8.22. The van der Waals surface area contributed by atoms with Crippen LogP contribution < -0.4 is 5.73 Å². The lowest BCUT2D eigenvalue weighted by Crippen LogP contribution is -2.56. The summed E-state index contributed by atoms with van der Waals surface area (Å²) in [5.41, 5.74) is 5.82. The van der Waals surface area contributed by atoms with Gasteiger partial charge in [-0.2, -0.15) is 0 Å². The molecule has 4 atom stereocenters. The Morgan fingerprint density at radius 2 is 1.78 bits per heavy atom. The summed E-state index contributed by atoms with van der Waals surface area (Å²) in [6.45, 7) is 9.84. The zero-order chi connectivity index (χ0) is 13.6. The van der Waals surface area contributed by atoms with Crippen LogP contribution in [0.3, 0.4) is 0 Å². The average molecular weight is 253 g/mol. The minimum Gasteiger partial charge on any atom is -0.389 e. The first-order chi connectivity index (χ1) is 8.22. The summed E-state index contributed by atoms with van der Waals surface area (Å²) in [5.74, 6) is 1.33. The van der Waals surface area contributed by atoms with Crippen molar-refractivity contribution < 1.29 is 5.11 Å². The molecule has 2 rings (SSSR count). The van der Waals surface area contributed by atoms with Crippen molar-refractivity contribution in [2.24, 2.45) is 28.4 Å². The van der Waals surface area contributed by atoms with Crippen LogP contribution in [0.15, 0.2) is 0 Å². The number of hydrogen-bond donors (Lipinski definition) is 2. The van der Waals surface area contributed by atoms with Gasteiger partial charge in [-0.1, -0.05) is 34.1 Å². The molecule has 0 radical (unpaired) electrons. The van der Waals surface area contributed by atoms with Crippen LogP contribution in [0.4, 0.5) is 0 Å². The fraction of sp³-hybridized carbons (Fsp3) is 1.00. The number of aliphatic hydroxyl groups is 1. The van der Waals surface area contributed by atoms with Crippen LogP contribution >= 0.6 is 0 Å². The minimum absolute atomic E-state index is 0.0155. The largest absolute Gasteiger partial charge is 0.389 e. The van der Waals surface area contributed by atoms with Gasteiger partial charge in [-0.25, -0.2) is 0 Å². The number of nitrogens with two attached hydrogens (primary N) is 1. The van der Waals surface area contributed by atoms with Crippen molar-refractivity contribution in [1.82, 2.24) is 0 Å². The van der Waals surface area contributed by atoms with Gasteiger partial charge in [-0.05, 0) is 49.4 Å². The van der Waals surface area contributed by atoms with Gasteiger partial charge in [-0.15, -0.1) is 0 Å². The molecule has 0 bridgehead atoms. The molecule has 2 heteroatoms. The molecule has 2 fully saturated rings. The molecule has 2 aliphatic carbocycles. The SMILES string of the molecule is CC1CC(C)(C)CC(O)(C2(CN)CCC(C)C2)C1. The fourth-order valence-corrected chi connectivity index (χ4v) is 5.12. The fourth-order valence-electron chi connectivity index (χ4n) is 5.12. The maximum Gasteiger partial charge on any atom is 0.0723 e. The van der Waals surface area contributed by atoms with E-state index in [4.69, 9.17) is 5.73 Å². The molecule has 18 heavy (non-hydrogen) atoms. The van der Waals surface area contributed by atoms with Gasteiger partial charge < -0.3 is 10.8 Å².